The molecule has 1 aromatic heterocycles. The Balaban J connectivity index is 1.71. The molecule has 1 aromatic rings. The van der Waals surface area contributed by atoms with Crippen LogP contribution in [0, 0.1) is 17.8 Å². The molecule has 2 rings (SSSR count). The van der Waals surface area contributed by atoms with Gasteiger partial charge in [0, 0.05) is 29.0 Å². The van der Waals surface area contributed by atoms with Gasteiger partial charge in [-0.25, -0.2) is 0 Å². The maximum atomic E-state index is 5.76. The molecule has 0 radical (unpaired) electrons. The zero-order valence-electron chi connectivity index (χ0n) is 10.5. The Labute approximate surface area is 112 Å². The zero-order valence-corrected chi connectivity index (χ0v) is 11.3. The van der Waals surface area contributed by atoms with E-state index in [9.17, 15) is 0 Å². The summed E-state index contributed by atoms with van der Waals surface area (Å²) in [5.41, 5.74) is 6.38. The van der Waals surface area contributed by atoms with Gasteiger partial charge in [-0.1, -0.05) is 11.8 Å². The van der Waals surface area contributed by atoms with Crippen molar-refractivity contribution in [3.63, 3.8) is 0 Å². The van der Waals surface area contributed by atoms with E-state index in [1.54, 1.807) is 11.3 Å². The van der Waals surface area contributed by atoms with Crippen LogP contribution >= 0.6 is 11.3 Å². The van der Waals surface area contributed by atoms with E-state index in [2.05, 4.69) is 23.3 Å². The lowest BCUT2D eigenvalue weighted by molar-refractivity contribution is 0.0163. The lowest BCUT2D eigenvalue weighted by Gasteiger charge is -2.21. The van der Waals surface area contributed by atoms with E-state index in [0.717, 1.165) is 38.2 Å². The Kier molecular flexibility index (Phi) is 5.69. The summed E-state index contributed by atoms with van der Waals surface area (Å²) in [6, 6.07) is 2.08. The minimum atomic E-state index is 0.408. The van der Waals surface area contributed by atoms with E-state index in [1.165, 1.54) is 4.88 Å². The van der Waals surface area contributed by atoms with Crippen LogP contribution in [0.4, 0.5) is 0 Å². The molecule has 1 aliphatic rings. The van der Waals surface area contributed by atoms with Crippen LogP contribution < -0.4 is 5.73 Å². The first-order valence-electron chi connectivity index (χ1n) is 6.30. The first-order chi connectivity index (χ1) is 8.88. The third-order valence-corrected chi connectivity index (χ3v) is 3.84. The van der Waals surface area contributed by atoms with Crippen LogP contribution in [0.1, 0.15) is 23.3 Å². The van der Waals surface area contributed by atoms with Crippen molar-refractivity contribution in [1.82, 2.24) is 0 Å². The minimum Gasteiger partial charge on any atom is -0.381 e. The second-order valence-electron chi connectivity index (χ2n) is 4.38. The third kappa shape index (κ3) is 4.43. The van der Waals surface area contributed by atoms with Crippen LogP contribution in [0.3, 0.4) is 0 Å². The molecule has 0 bridgehead atoms. The average molecular weight is 265 g/mol. The third-order valence-electron chi connectivity index (χ3n) is 2.93. The molecular weight excluding hydrogens is 246 g/mol. The second-order valence-corrected chi connectivity index (χ2v) is 5.37. The number of thiophene rings is 1. The van der Waals surface area contributed by atoms with Crippen molar-refractivity contribution in [2.24, 2.45) is 11.7 Å². The monoisotopic (exact) mass is 265 g/mol. The highest BCUT2D eigenvalue weighted by Gasteiger charge is 2.13. The van der Waals surface area contributed by atoms with E-state index < -0.39 is 0 Å². The Morgan fingerprint density at radius 3 is 3.06 bits per heavy atom. The van der Waals surface area contributed by atoms with Crippen LogP contribution in [0.15, 0.2) is 11.4 Å². The number of ether oxygens (including phenoxy) is 2. The summed E-state index contributed by atoms with van der Waals surface area (Å²) in [5.74, 6) is 6.55. The topological polar surface area (TPSA) is 44.5 Å². The molecule has 0 amide bonds. The fraction of sp³-hybridized carbons (Fsp3) is 0.571. The fourth-order valence-corrected chi connectivity index (χ4v) is 2.67. The molecule has 0 spiro atoms. The van der Waals surface area contributed by atoms with Crippen LogP contribution in [0.5, 0.6) is 0 Å². The molecule has 4 heteroatoms. The Morgan fingerprint density at radius 1 is 1.44 bits per heavy atom. The van der Waals surface area contributed by atoms with Gasteiger partial charge in [0.15, 0.2) is 0 Å². The summed E-state index contributed by atoms with van der Waals surface area (Å²) in [5, 5.41) is 2.05. The molecule has 0 saturated carbocycles. The van der Waals surface area contributed by atoms with Crippen molar-refractivity contribution >= 4 is 11.3 Å². The molecule has 18 heavy (non-hydrogen) atoms. The summed E-state index contributed by atoms with van der Waals surface area (Å²) in [6.45, 7) is 3.69. The molecule has 2 heterocycles. The smallest absolute Gasteiger partial charge is 0.0809 e. The highest BCUT2D eigenvalue weighted by molar-refractivity contribution is 7.10. The lowest BCUT2D eigenvalue weighted by Crippen LogP contribution is -2.19. The fourth-order valence-electron chi connectivity index (χ4n) is 1.91. The van der Waals surface area contributed by atoms with Gasteiger partial charge in [-0.15, -0.1) is 11.3 Å². The normalized spacial score (nSPS) is 16.3. The molecule has 0 atom stereocenters. The van der Waals surface area contributed by atoms with E-state index >= 15 is 0 Å². The van der Waals surface area contributed by atoms with Crippen molar-refractivity contribution in [2.45, 2.75) is 19.4 Å². The number of rotatable bonds is 4. The number of hydrogen-bond acceptors (Lipinski definition) is 4. The largest absolute Gasteiger partial charge is 0.381 e. The van der Waals surface area contributed by atoms with Crippen LogP contribution in [0.25, 0.3) is 0 Å². The van der Waals surface area contributed by atoms with Crippen LogP contribution in [0.2, 0.25) is 0 Å². The van der Waals surface area contributed by atoms with Crippen molar-refractivity contribution < 1.29 is 9.47 Å². The minimum absolute atomic E-state index is 0.408. The van der Waals surface area contributed by atoms with Gasteiger partial charge in [-0.2, -0.15) is 0 Å². The Bertz CT molecular complexity index is 413. The maximum Gasteiger partial charge on any atom is 0.0809 e. The van der Waals surface area contributed by atoms with Gasteiger partial charge in [-0.3, -0.25) is 0 Å². The maximum absolute atomic E-state index is 5.76. The molecule has 0 aliphatic carbocycles. The van der Waals surface area contributed by atoms with E-state index in [1.807, 2.05) is 0 Å². The first-order valence-corrected chi connectivity index (χ1v) is 7.18. The van der Waals surface area contributed by atoms with Gasteiger partial charge in [0.25, 0.3) is 0 Å². The lowest BCUT2D eigenvalue weighted by atomic mass is 10.0. The summed E-state index contributed by atoms with van der Waals surface area (Å²) in [6.07, 6.45) is 2.25. The molecular formula is C14H19NO2S. The summed E-state index contributed by atoms with van der Waals surface area (Å²) in [4.78, 5) is 1.23. The quantitative estimate of drug-likeness (QED) is 0.847. The van der Waals surface area contributed by atoms with Crippen LogP contribution in [-0.2, 0) is 16.1 Å². The van der Waals surface area contributed by atoms with E-state index in [0.29, 0.717) is 19.1 Å². The average Bonchev–Trinajstić information content (AvgIpc) is 2.85. The Morgan fingerprint density at radius 2 is 2.28 bits per heavy atom. The predicted octanol–water partition coefficient (Wildman–Crippen LogP) is 2.00. The van der Waals surface area contributed by atoms with Crippen molar-refractivity contribution in [1.29, 1.82) is 0 Å². The number of nitrogens with two attached hydrogens (primary N) is 1. The number of hydrogen-bond donors (Lipinski definition) is 1. The van der Waals surface area contributed by atoms with Gasteiger partial charge in [0.1, 0.15) is 0 Å². The van der Waals surface area contributed by atoms with Crippen LogP contribution in [-0.4, -0.2) is 26.4 Å². The zero-order chi connectivity index (χ0) is 12.6. The molecule has 98 valence electrons. The highest BCUT2D eigenvalue weighted by atomic mass is 32.1. The molecule has 2 N–H and O–H groups in total. The van der Waals surface area contributed by atoms with Gasteiger partial charge in [0.2, 0.25) is 0 Å². The molecule has 3 nitrogen and oxygen atoms in total. The summed E-state index contributed by atoms with van der Waals surface area (Å²) in [7, 11) is 0. The van der Waals surface area contributed by atoms with Crippen molar-refractivity contribution in [3.05, 3.63) is 21.9 Å². The highest BCUT2D eigenvalue weighted by Crippen LogP contribution is 2.18. The van der Waals surface area contributed by atoms with E-state index in [4.69, 9.17) is 15.2 Å². The van der Waals surface area contributed by atoms with Crippen molar-refractivity contribution in [2.75, 3.05) is 26.4 Å². The van der Waals surface area contributed by atoms with Crippen molar-refractivity contribution in [3.8, 4) is 11.8 Å². The summed E-state index contributed by atoms with van der Waals surface area (Å²) < 4.78 is 11.1. The first kappa shape index (κ1) is 13.6. The molecule has 1 fully saturated rings. The molecule has 1 aliphatic heterocycles. The van der Waals surface area contributed by atoms with Gasteiger partial charge in [-0.05, 0) is 24.8 Å². The standard InChI is InChI=1S/C14H19NO2S/c15-5-1-2-13-8-14(18-11-13)10-17-9-12-3-6-16-7-4-12/h8,11-12H,3-7,9-10,15H2. The molecule has 0 unspecified atom stereocenters. The predicted molar refractivity (Wildman–Crippen MR) is 73.5 cm³/mol. The molecule has 0 aromatic carbocycles. The SMILES string of the molecule is NCC#Cc1csc(COCC2CCOCC2)c1. The second kappa shape index (κ2) is 7.55. The Hall–Kier alpha value is -0.860. The van der Waals surface area contributed by atoms with Gasteiger partial charge >= 0.3 is 0 Å². The van der Waals surface area contributed by atoms with Gasteiger partial charge in [0.05, 0.1) is 19.8 Å². The summed E-state index contributed by atoms with van der Waals surface area (Å²) >= 11 is 1.69. The van der Waals surface area contributed by atoms with E-state index in [-0.39, 0.29) is 0 Å². The van der Waals surface area contributed by atoms with Gasteiger partial charge < -0.3 is 15.2 Å². The molecule has 1 saturated heterocycles.